The van der Waals surface area contributed by atoms with E-state index in [2.05, 4.69) is 10.2 Å². The highest BCUT2D eigenvalue weighted by Gasteiger charge is 2.19. The van der Waals surface area contributed by atoms with Crippen LogP contribution in [0.5, 0.6) is 11.6 Å². The zero-order valence-electron chi connectivity index (χ0n) is 14.4. The number of phenolic OH excluding ortho intramolecular Hbond substituents is 1. The van der Waals surface area contributed by atoms with Crippen LogP contribution in [0.15, 0.2) is 45.4 Å². The van der Waals surface area contributed by atoms with E-state index in [4.69, 9.17) is 0 Å². The van der Waals surface area contributed by atoms with E-state index in [9.17, 15) is 30.4 Å². The molecule has 27 heavy (non-hydrogen) atoms. The van der Waals surface area contributed by atoms with E-state index < -0.39 is 16.4 Å². The van der Waals surface area contributed by atoms with Crippen molar-refractivity contribution < 1.29 is 15.1 Å². The molecule has 0 aliphatic rings. The molecule has 0 aliphatic heterocycles. The van der Waals surface area contributed by atoms with Gasteiger partial charge in [0.15, 0.2) is 5.69 Å². The molecule has 0 radical (unpaired) electrons. The smallest absolute Gasteiger partial charge is 0.281 e. The van der Waals surface area contributed by atoms with Gasteiger partial charge in [-0.05, 0) is 19.9 Å². The Labute approximate surface area is 153 Å². The Morgan fingerprint density at radius 2 is 2.07 bits per heavy atom. The minimum Gasteiger partial charge on any atom is -0.506 e. The molecular formula is C17H15N5O5. The molecule has 2 N–H and O–H groups in total. The molecule has 2 aromatic rings. The van der Waals surface area contributed by atoms with Gasteiger partial charge in [-0.25, -0.2) is 0 Å². The normalized spacial score (nSPS) is 11.1. The lowest BCUT2D eigenvalue weighted by molar-refractivity contribution is -0.384. The fraction of sp³-hybridized carbons (Fsp3) is 0.176. The molecule has 0 saturated heterocycles. The quantitative estimate of drug-likeness (QED) is 0.356. The van der Waals surface area contributed by atoms with Crippen LogP contribution in [0.3, 0.4) is 0 Å². The molecule has 0 saturated carbocycles. The van der Waals surface area contributed by atoms with Crippen LogP contribution in [0.25, 0.3) is 0 Å². The number of allylic oxidation sites excluding steroid dienone is 2. The lowest BCUT2D eigenvalue weighted by atomic mass is 10.1. The largest absolute Gasteiger partial charge is 0.506 e. The van der Waals surface area contributed by atoms with Crippen molar-refractivity contribution in [3.63, 3.8) is 0 Å². The zero-order valence-corrected chi connectivity index (χ0v) is 14.4. The van der Waals surface area contributed by atoms with Crippen LogP contribution in [0.4, 0.5) is 17.1 Å². The number of pyridine rings is 1. The summed E-state index contributed by atoms with van der Waals surface area (Å²) in [4.78, 5) is 22.8. The predicted octanol–water partition coefficient (Wildman–Crippen LogP) is 3.34. The molecule has 10 nitrogen and oxygen atoms in total. The van der Waals surface area contributed by atoms with Crippen molar-refractivity contribution in [3.05, 3.63) is 61.9 Å². The molecule has 2 rings (SSSR count). The molecule has 138 valence electrons. The average molecular weight is 369 g/mol. The first-order valence-corrected chi connectivity index (χ1v) is 7.68. The summed E-state index contributed by atoms with van der Waals surface area (Å²) in [7, 11) is 0. The first kappa shape index (κ1) is 19.3. The SMILES string of the molecule is C/C=C/Cn1c(O)c(C#N)c(C)c(N=Nc2cc([N+](=O)[O-])ccc2O)c1=O. The highest BCUT2D eigenvalue weighted by atomic mass is 16.6. The number of phenols is 1. The van der Waals surface area contributed by atoms with Gasteiger partial charge in [-0.15, -0.1) is 10.2 Å². The number of non-ortho nitro benzene ring substituents is 1. The third kappa shape index (κ3) is 3.82. The van der Waals surface area contributed by atoms with Gasteiger partial charge in [0.1, 0.15) is 23.1 Å². The van der Waals surface area contributed by atoms with E-state index in [1.807, 2.05) is 6.07 Å². The van der Waals surface area contributed by atoms with Crippen molar-refractivity contribution in [1.82, 2.24) is 4.57 Å². The Kier molecular flexibility index (Phi) is 5.67. The van der Waals surface area contributed by atoms with Crippen molar-refractivity contribution in [3.8, 4) is 17.7 Å². The third-order valence-corrected chi connectivity index (χ3v) is 3.72. The maximum absolute atomic E-state index is 12.6. The van der Waals surface area contributed by atoms with E-state index in [-0.39, 0.29) is 40.5 Å². The molecular weight excluding hydrogens is 354 g/mol. The summed E-state index contributed by atoms with van der Waals surface area (Å²) in [5, 5.41) is 47.5. The van der Waals surface area contributed by atoms with E-state index in [0.717, 1.165) is 22.8 Å². The summed E-state index contributed by atoms with van der Waals surface area (Å²) in [6, 6.07) is 4.99. The van der Waals surface area contributed by atoms with Gasteiger partial charge in [-0.3, -0.25) is 19.5 Å². The number of nitrogens with zero attached hydrogens (tertiary/aromatic N) is 5. The molecule has 1 heterocycles. The number of aromatic nitrogens is 1. The molecule has 1 aromatic heterocycles. The zero-order chi connectivity index (χ0) is 20.1. The maximum atomic E-state index is 12.6. The number of azo groups is 1. The standard InChI is InChI=1S/C17H15N5O5/c1-3-4-7-21-16(24)12(9-18)10(2)15(17(21)25)20-19-13-8-11(22(26)27)5-6-14(13)23/h3-6,8,23-24H,7H2,1-2H3/b4-3+,20-19?. The highest BCUT2D eigenvalue weighted by Crippen LogP contribution is 2.32. The Bertz CT molecular complexity index is 1060. The Morgan fingerprint density at radius 3 is 2.67 bits per heavy atom. The van der Waals surface area contributed by atoms with Gasteiger partial charge >= 0.3 is 0 Å². The van der Waals surface area contributed by atoms with E-state index in [0.29, 0.717) is 0 Å². The van der Waals surface area contributed by atoms with E-state index >= 15 is 0 Å². The molecule has 0 fully saturated rings. The van der Waals surface area contributed by atoms with Crippen molar-refractivity contribution in [2.45, 2.75) is 20.4 Å². The predicted molar refractivity (Wildman–Crippen MR) is 95.6 cm³/mol. The van der Waals surface area contributed by atoms with Gasteiger partial charge in [0.25, 0.3) is 11.2 Å². The van der Waals surface area contributed by atoms with Gasteiger partial charge in [0.2, 0.25) is 5.88 Å². The molecule has 10 heteroatoms. The van der Waals surface area contributed by atoms with Crippen molar-refractivity contribution in [1.29, 1.82) is 5.26 Å². The minimum atomic E-state index is -0.698. The monoisotopic (exact) mass is 369 g/mol. The van der Waals surface area contributed by atoms with Crippen LogP contribution >= 0.6 is 0 Å². The number of aromatic hydroxyl groups is 2. The summed E-state index contributed by atoms with van der Waals surface area (Å²) in [6.07, 6.45) is 3.27. The highest BCUT2D eigenvalue weighted by molar-refractivity contribution is 5.59. The summed E-state index contributed by atoms with van der Waals surface area (Å²) >= 11 is 0. The van der Waals surface area contributed by atoms with Gasteiger partial charge in [0, 0.05) is 24.2 Å². The van der Waals surface area contributed by atoms with Crippen LogP contribution in [0.2, 0.25) is 0 Å². The number of rotatable bonds is 5. The molecule has 0 unspecified atom stereocenters. The molecule has 0 aliphatic carbocycles. The second kappa shape index (κ2) is 7.92. The molecule has 0 bridgehead atoms. The molecule has 0 spiro atoms. The number of hydrogen-bond acceptors (Lipinski definition) is 8. The summed E-state index contributed by atoms with van der Waals surface area (Å²) in [5.74, 6) is -0.856. The van der Waals surface area contributed by atoms with Crippen LogP contribution < -0.4 is 5.56 Å². The van der Waals surface area contributed by atoms with Crippen LogP contribution in [-0.2, 0) is 6.54 Å². The van der Waals surface area contributed by atoms with Crippen molar-refractivity contribution >= 4 is 17.1 Å². The molecule has 0 atom stereocenters. The second-order valence-corrected chi connectivity index (χ2v) is 5.40. The average Bonchev–Trinajstić information content (AvgIpc) is 2.63. The van der Waals surface area contributed by atoms with Gasteiger partial charge < -0.3 is 10.2 Å². The lowest BCUT2D eigenvalue weighted by Gasteiger charge is -2.11. The Hall–Kier alpha value is -4.00. The number of nitriles is 1. The topological polar surface area (TPSA) is 154 Å². The number of benzene rings is 1. The van der Waals surface area contributed by atoms with Gasteiger partial charge in [0.05, 0.1) is 4.92 Å². The number of hydrogen-bond donors (Lipinski definition) is 2. The second-order valence-electron chi connectivity index (χ2n) is 5.40. The third-order valence-electron chi connectivity index (χ3n) is 3.72. The van der Waals surface area contributed by atoms with Crippen LogP contribution in [0.1, 0.15) is 18.1 Å². The van der Waals surface area contributed by atoms with Gasteiger partial charge in [-0.1, -0.05) is 12.2 Å². The first-order chi connectivity index (χ1) is 12.8. The van der Waals surface area contributed by atoms with E-state index in [1.165, 1.54) is 6.92 Å². The number of nitro groups is 1. The van der Waals surface area contributed by atoms with Crippen LogP contribution in [0, 0.1) is 28.4 Å². The first-order valence-electron chi connectivity index (χ1n) is 7.68. The summed E-state index contributed by atoms with van der Waals surface area (Å²) in [5.41, 5.74) is -1.49. The van der Waals surface area contributed by atoms with E-state index in [1.54, 1.807) is 19.1 Å². The Balaban J connectivity index is 2.64. The fourth-order valence-corrected chi connectivity index (χ4v) is 2.25. The minimum absolute atomic E-state index is 0.0146. The van der Waals surface area contributed by atoms with Gasteiger partial charge in [-0.2, -0.15) is 5.26 Å². The van der Waals surface area contributed by atoms with Crippen molar-refractivity contribution in [2.24, 2.45) is 10.2 Å². The molecule has 0 amide bonds. The van der Waals surface area contributed by atoms with Crippen LogP contribution in [-0.4, -0.2) is 19.7 Å². The maximum Gasteiger partial charge on any atom is 0.281 e. The summed E-state index contributed by atoms with van der Waals surface area (Å²) in [6.45, 7) is 3.16. The molecule has 1 aromatic carbocycles. The lowest BCUT2D eigenvalue weighted by Crippen LogP contribution is -2.21. The fourth-order valence-electron chi connectivity index (χ4n) is 2.25. The summed E-state index contributed by atoms with van der Waals surface area (Å²) < 4.78 is 0.952. The Morgan fingerprint density at radius 1 is 1.37 bits per heavy atom. The number of nitro benzene ring substituents is 1. The van der Waals surface area contributed by atoms with Crippen molar-refractivity contribution in [2.75, 3.05) is 0 Å².